The number of rotatable bonds is 3. The van der Waals surface area contributed by atoms with Gasteiger partial charge in [-0.15, -0.1) is 0 Å². The molecule has 3 rings (SSSR count). The third-order valence-corrected chi connectivity index (χ3v) is 3.48. The molecule has 0 N–H and O–H groups in total. The lowest BCUT2D eigenvalue weighted by molar-refractivity contribution is 0.374. The number of ether oxygens (including phenoxy) is 2. The van der Waals surface area contributed by atoms with Gasteiger partial charge in [0.05, 0.1) is 31.6 Å². The molecule has 0 saturated heterocycles. The monoisotopic (exact) mass is 303 g/mol. The van der Waals surface area contributed by atoms with Crippen molar-refractivity contribution >= 4 is 22.5 Å². The van der Waals surface area contributed by atoms with Crippen LogP contribution in [0, 0.1) is 6.33 Å². The Morgan fingerprint density at radius 3 is 2.43 bits per heavy atom. The van der Waals surface area contributed by atoms with Gasteiger partial charge >= 0.3 is 0 Å². The molecule has 1 radical (unpaired) electrons. The number of methoxy groups -OCH3 is 2. The summed E-state index contributed by atoms with van der Waals surface area (Å²) in [5, 5.41) is 1.40. The van der Waals surface area contributed by atoms with Crippen molar-refractivity contribution < 1.29 is 9.47 Å². The zero-order valence-corrected chi connectivity index (χ0v) is 12.5. The van der Waals surface area contributed by atoms with Crippen molar-refractivity contribution in [3.63, 3.8) is 0 Å². The van der Waals surface area contributed by atoms with E-state index in [2.05, 4.69) is 21.3 Å². The maximum Gasteiger partial charge on any atom is 0.230 e. The zero-order chi connectivity index (χ0) is 15.0. The quantitative estimate of drug-likeness (QED) is 0.696. The lowest BCUT2D eigenvalue weighted by Gasteiger charge is -2.11. The lowest BCUT2D eigenvalue weighted by Crippen LogP contribution is -2.01. The Hall–Kier alpha value is -2.34. The summed E-state index contributed by atoms with van der Waals surface area (Å²) < 4.78 is 12.6. The molecule has 0 aliphatic carbocycles. The number of halogens is 1. The SMILES string of the molecule is COc1n[c]nc(OC)c1-c1cc2cc(Cl)ncc2n1C. The van der Waals surface area contributed by atoms with Crippen LogP contribution in [0.15, 0.2) is 18.3 Å². The average Bonchev–Trinajstić information content (AvgIpc) is 2.82. The smallest absolute Gasteiger partial charge is 0.230 e. The van der Waals surface area contributed by atoms with Crippen molar-refractivity contribution in [2.75, 3.05) is 14.2 Å². The predicted octanol–water partition coefficient (Wildman–Crippen LogP) is 2.50. The topological polar surface area (TPSA) is 62.1 Å². The molecule has 0 saturated carbocycles. The molecule has 21 heavy (non-hydrogen) atoms. The van der Waals surface area contributed by atoms with E-state index in [1.807, 2.05) is 17.7 Å². The number of fused-ring (bicyclic) bond motifs is 1. The molecule has 6 nitrogen and oxygen atoms in total. The molecule has 0 bridgehead atoms. The van der Waals surface area contributed by atoms with Crippen molar-refractivity contribution in [3.05, 3.63) is 29.8 Å². The summed E-state index contributed by atoms with van der Waals surface area (Å²) in [4.78, 5) is 12.1. The number of pyridine rings is 1. The Morgan fingerprint density at radius 1 is 1.14 bits per heavy atom. The molecule has 3 aromatic rings. The van der Waals surface area contributed by atoms with Crippen LogP contribution in [0.5, 0.6) is 11.8 Å². The molecule has 0 aromatic carbocycles. The van der Waals surface area contributed by atoms with Crippen LogP contribution < -0.4 is 9.47 Å². The maximum absolute atomic E-state index is 5.94. The van der Waals surface area contributed by atoms with Gasteiger partial charge in [0.15, 0.2) is 0 Å². The van der Waals surface area contributed by atoms with Gasteiger partial charge in [-0.25, -0.2) is 4.98 Å². The minimum Gasteiger partial charge on any atom is -0.480 e. The molecular formula is C14H12ClN4O2. The largest absolute Gasteiger partial charge is 0.480 e. The van der Waals surface area contributed by atoms with E-state index in [0.717, 1.165) is 16.6 Å². The number of aryl methyl sites for hydroxylation is 1. The molecule has 0 aliphatic heterocycles. The third kappa shape index (κ3) is 2.17. The average molecular weight is 304 g/mol. The number of hydrogen-bond acceptors (Lipinski definition) is 5. The first kappa shape index (κ1) is 13.6. The van der Waals surface area contributed by atoms with Crippen LogP contribution in [-0.4, -0.2) is 33.7 Å². The summed E-state index contributed by atoms with van der Waals surface area (Å²) in [7, 11) is 5.00. The standard InChI is InChI=1S/C14H12ClN4O2/c1-19-9(4-8-5-11(15)16-6-10(8)19)12-13(20-2)17-7-18-14(12)21-3/h4-6H,1-3H3. The fourth-order valence-electron chi connectivity index (χ4n) is 2.28. The van der Waals surface area contributed by atoms with Crippen molar-refractivity contribution in [3.8, 4) is 23.0 Å². The Kier molecular flexibility index (Phi) is 3.39. The van der Waals surface area contributed by atoms with Gasteiger partial charge in [-0.2, -0.15) is 9.97 Å². The molecule has 107 valence electrons. The molecule has 0 unspecified atom stereocenters. The van der Waals surface area contributed by atoms with Crippen LogP contribution in [0.1, 0.15) is 0 Å². The van der Waals surface area contributed by atoms with E-state index in [4.69, 9.17) is 21.1 Å². The van der Waals surface area contributed by atoms with Gasteiger partial charge < -0.3 is 14.0 Å². The van der Waals surface area contributed by atoms with Gasteiger partial charge in [0.1, 0.15) is 10.7 Å². The minimum atomic E-state index is 0.395. The first-order chi connectivity index (χ1) is 10.2. The molecule has 7 heteroatoms. The maximum atomic E-state index is 5.94. The zero-order valence-electron chi connectivity index (χ0n) is 11.7. The van der Waals surface area contributed by atoms with E-state index in [9.17, 15) is 0 Å². The molecule has 0 amide bonds. The predicted molar refractivity (Wildman–Crippen MR) is 78.7 cm³/mol. The molecule has 0 aliphatic rings. The highest BCUT2D eigenvalue weighted by atomic mass is 35.5. The molecule has 0 spiro atoms. The van der Waals surface area contributed by atoms with E-state index in [1.54, 1.807) is 26.5 Å². The second kappa shape index (κ2) is 5.21. The first-order valence-corrected chi connectivity index (χ1v) is 6.51. The van der Waals surface area contributed by atoms with Gasteiger partial charge in [-0.1, -0.05) is 11.6 Å². The summed E-state index contributed by atoms with van der Waals surface area (Å²) >= 11 is 5.94. The normalized spacial score (nSPS) is 10.9. The summed E-state index contributed by atoms with van der Waals surface area (Å²) in [6, 6.07) is 3.77. The first-order valence-electron chi connectivity index (χ1n) is 6.13. The summed E-state index contributed by atoms with van der Waals surface area (Å²) in [6.07, 6.45) is 4.23. The van der Waals surface area contributed by atoms with Crippen molar-refractivity contribution in [2.45, 2.75) is 0 Å². The minimum absolute atomic E-state index is 0.395. The van der Waals surface area contributed by atoms with Gasteiger partial charge in [0, 0.05) is 12.4 Å². The molecule has 0 atom stereocenters. The number of hydrogen-bond donors (Lipinski definition) is 0. The van der Waals surface area contributed by atoms with Gasteiger partial charge in [0.25, 0.3) is 0 Å². The lowest BCUT2D eigenvalue weighted by atomic mass is 10.2. The van der Waals surface area contributed by atoms with Crippen molar-refractivity contribution in [2.24, 2.45) is 7.05 Å². The second-order valence-corrected chi connectivity index (χ2v) is 4.76. The highest BCUT2D eigenvalue weighted by Crippen LogP contribution is 2.37. The van der Waals surface area contributed by atoms with Crippen LogP contribution >= 0.6 is 11.6 Å². The van der Waals surface area contributed by atoms with Gasteiger partial charge in [-0.3, -0.25) is 0 Å². The Balaban J connectivity index is 2.32. The molecule has 0 fully saturated rings. The van der Waals surface area contributed by atoms with E-state index in [1.165, 1.54) is 0 Å². The highest BCUT2D eigenvalue weighted by molar-refractivity contribution is 6.30. The Labute approximate surface area is 126 Å². The number of nitrogens with zero attached hydrogens (tertiary/aromatic N) is 4. The molecular weight excluding hydrogens is 292 g/mol. The van der Waals surface area contributed by atoms with Crippen molar-refractivity contribution in [1.82, 2.24) is 19.5 Å². The third-order valence-electron chi connectivity index (χ3n) is 3.27. The van der Waals surface area contributed by atoms with E-state index >= 15 is 0 Å². The van der Waals surface area contributed by atoms with Gasteiger partial charge in [0.2, 0.25) is 18.1 Å². The molecule has 3 aromatic heterocycles. The van der Waals surface area contributed by atoms with E-state index in [0.29, 0.717) is 22.5 Å². The Bertz CT molecular complexity index is 794. The van der Waals surface area contributed by atoms with Crippen LogP contribution in [0.25, 0.3) is 22.2 Å². The van der Waals surface area contributed by atoms with Crippen LogP contribution in [0.3, 0.4) is 0 Å². The fourth-order valence-corrected chi connectivity index (χ4v) is 2.45. The van der Waals surface area contributed by atoms with Crippen LogP contribution in [0.2, 0.25) is 5.15 Å². The summed E-state index contributed by atoms with van der Waals surface area (Å²) in [6.45, 7) is 0. The highest BCUT2D eigenvalue weighted by Gasteiger charge is 2.20. The summed E-state index contributed by atoms with van der Waals surface area (Å²) in [5.41, 5.74) is 2.44. The molecule has 3 heterocycles. The fraction of sp³-hybridized carbons (Fsp3) is 0.214. The van der Waals surface area contributed by atoms with Crippen LogP contribution in [-0.2, 0) is 7.05 Å². The van der Waals surface area contributed by atoms with Crippen molar-refractivity contribution in [1.29, 1.82) is 0 Å². The Morgan fingerprint density at radius 2 is 1.81 bits per heavy atom. The van der Waals surface area contributed by atoms with E-state index in [-0.39, 0.29) is 0 Å². The van der Waals surface area contributed by atoms with E-state index < -0.39 is 0 Å². The van der Waals surface area contributed by atoms with Gasteiger partial charge in [-0.05, 0) is 12.1 Å². The van der Waals surface area contributed by atoms with Crippen LogP contribution in [0.4, 0.5) is 0 Å². The summed E-state index contributed by atoms with van der Waals surface area (Å²) in [5.74, 6) is 0.790. The number of aromatic nitrogens is 4. The second-order valence-electron chi connectivity index (χ2n) is 4.37.